The third-order valence-corrected chi connectivity index (χ3v) is 5.85. The van der Waals surface area contributed by atoms with Crippen molar-refractivity contribution in [2.45, 2.75) is 70.2 Å². The summed E-state index contributed by atoms with van der Waals surface area (Å²) in [6.07, 6.45) is 5.15. The lowest BCUT2D eigenvalue weighted by atomic mass is 9.87. The molecule has 2 aliphatic heterocycles. The van der Waals surface area contributed by atoms with Gasteiger partial charge in [-0.25, -0.2) is 4.98 Å². The van der Waals surface area contributed by atoms with E-state index >= 15 is 0 Å². The van der Waals surface area contributed by atoms with Crippen LogP contribution in [0.15, 0.2) is 18.3 Å². The maximum absolute atomic E-state index is 12.4. The van der Waals surface area contributed by atoms with Gasteiger partial charge in [0.2, 0.25) is 11.8 Å². The average Bonchev–Trinajstić information content (AvgIpc) is 3.11. The van der Waals surface area contributed by atoms with Gasteiger partial charge in [0.15, 0.2) is 0 Å². The number of nitrogens with one attached hydrogen (secondary N) is 2. The number of likely N-dealkylation sites (tertiary alicyclic amines) is 1. The molecule has 2 amide bonds. The average molecular weight is 374 g/mol. The molecular formula is C20H30N4O3. The number of carbonyl (C=O) groups excluding carboxylic acids is 2. The van der Waals surface area contributed by atoms with E-state index < -0.39 is 0 Å². The van der Waals surface area contributed by atoms with Gasteiger partial charge in [0.05, 0.1) is 11.8 Å². The molecule has 0 bridgehead atoms. The fourth-order valence-corrected chi connectivity index (χ4v) is 4.35. The predicted octanol–water partition coefficient (Wildman–Crippen LogP) is 2.25. The molecule has 3 rings (SSSR count). The van der Waals surface area contributed by atoms with Crippen molar-refractivity contribution >= 4 is 17.6 Å². The zero-order valence-corrected chi connectivity index (χ0v) is 16.6. The van der Waals surface area contributed by atoms with Gasteiger partial charge in [0.25, 0.3) is 0 Å². The van der Waals surface area contributed by atoms with Crippen molar-refractivity contribution in [3.63, 3.8) is 0 Å². The molecule has 7 nitrogen and oxygen atoms in total. The van der Waals surface area contributed by atoms with Crippen LogP contribution in [-0.2, 0) is 14.3 Å². The van der Waals surface area contributed by atoms with Crippen molar-refractivity contribution in [2.24, 2.45) is 0 Å². The van der Waals surface area contributed by atoms with E-state index in [0.717, 1.165) is 31.4 Å². The van der Waals surface area contributed by atoms with Gasteiger partial charge in [0.1, 0.15) is 5.82 Å². The number of carbonyl (C=O) groups is 2. The van der Waals surface area contributed by atoms with E-state index in [1.54, 1.807) is 13.3 Å². The summed E-state index contributed by atoms with van der Waals surface area (Å²) in [5.41, 5.74) is 0.777. The predicted molar refractivity (Wildman–Crippen MR) is 103 cm³/mol. The molecule has 2 aliphatic rings. The minimum absolute atomic E-state index is 0.00411. The van der Waals surface area contributed by atoms with Crippen LogP contribution in [0.3, 0.4) is 0 Å². The summed E-state index contributed by atoms with van der Waals surface area (Å²) in [6, 6.07) is 4.09. The van der Waals surface area contributed by atoms with Crippen molar-refractivity contribution < 1.29 is 14.3 Å². The second-order valence-electron chi connectivity index (χ2n) is 8.08. The molecule has 0 saturated carbocycles. The van der Waals surface area contributed by atoms with Crippen LogP contribution < -0.4 is 10.6 Å². The van der Waals surface area contributed by atoms with E-state index in [4.69, 9.17) is 4.74 Å². The van der Waals surface area contributed by atoms with E-state index in [1.807, 2.05) is 12.1 Å². The van der Waals surface area contributed by atoms with Crippen molar-refractivity contribution in [3.05, 3.63) is 23.9 Å². The van der Waals surface area contributed by atoms with Crippen LogP contribution in [0.2, 0.25) is 0 Å². The lowest BCUT2D eigenvalue weighted by Crippen LogP contribution is -2.58. The van der Waals surface area contributed by atoms with Crippen LogP contribution in [0.5, 0.6) is 0 Å². The Morgan fingerprint density at radius 3 is 2.93 bits per heavy atom. The second-order valence-corrected chi connectivity index (χ2v) is 8.08. The van der Waals surface area contributed by atoms with E-state index in [2.05, 4.69) is 34.4 Å². The van der Waals surface area contributed by atoms with Gasteiger partial charge in [-0.15, -0.1) is 0 Å². The highest BCUT2D eigenvalue weighted by Crippen LogP contribution is 2.36. The van der Waals surface area contributed by atoms with Crippen LogP contribution >= 0.6 is 0 Å². The number of aromatic nitrogens is 1. The molecule has 148 valence electrons. The van der Waals surface area contributed by atoms with Crippen molar-refractivity contribution in [2.75, 3.05) is 19.0 Å². The molecule has 1 aromatic heterocycles. The number of methoxy groups -OCH3 is 1. The normalized spacial score (nSPS) is 26.7. The molecule has 3 heterocycles. The molecule has 0 spiro atoms. The first-order chi connectivity index (χ1) is 12.8. The van der Waals surface area contributed by atoms with E-state index in [0.29, 0.717) is 12.2 Å². The largest absolute Gasteiger partial charge is 0.377 e. The Bertz CT molecular complexity index is 706. The van der Waals surface area contributed by atoms with E-state index in [-0.39, 0.29) is 35.5 Å². The van der Waals surface area contributed by atoms with Gasteiger partial charge >= 0.3 is 0 Å². The first kappa shape index (κ1) is 19.8. The monoisotopic (exact) mass is 374 g/mol. The summed E-state index contributed by atoms with van der Waals surface area (Å²) in [5, 5.41) is 5.90. The zero-order valence-electron chi connectivity index (χ0n) is 16.6. The van der Waals surface area contributed by atoms with Gasteiger partial charge in [-0.05, 0) is 56.7 Å². The SMILES string of the molecule is COC(C)(C)C1CCCN1C1CC(c2ccnc(NC(C)=O)c2)CC(=O)N1. The molecular weight excluding hydrogens is 344 g/mol. The zero-order chi connectivity index (χ0) is 19.6. The van der Waals surface area contributed by atoms with Gasteiger partial charge in [-0.2, -0.15) is 0 Å². The molecule has 3 atom stereocenters. The lowest BCUT2D eigenvalue weighted by molar-refractivity contribution is -0.128. The molecule has 2 N–H and O–H groups in total. The smallest absolute Gasteiger partial charge is 0.222 e. The summed E-state index contributed by atoms with van der Waals surface area (Å²) in [6.45, 7) is 6.65. The number of rotatable bonds is 5. The van der Waals surface area contributed by atoms with E-state index in [1.165, 1.54) is 6.92 Å². The van der Waals surface area contributed by atoms with Gasteiger partial charge in [-0.1, -0.05) is 0 Å². The van der Waals surface area contributed by atoms with Gasteiger partial charge in [0, 0.05) is 39.2 Å². The standard InChI is InChI=1S/C20H30N4O3/c1-13(25)22-17-10-14(7-8-21-17)15-11-18(23-19(26)12-15)24-9-5-6-16(24)20(2,3)27-4/h7-8,10,15-16,18H,5-6,9,11-12H2,1-4H3,(H,23,26)(H,21,22,25). The second kappa shape index (κ2) is 7.94. The molecule has 0 aliphatic carbocycles. The number of nitrogens with zero attached hydrogens (tertiary/aromatic N) is 2. The maximum Gasteiger partial charge on any atom is 0.222 e. The Balaban J connectivity index is 1.78. The first-order valence-corrected chi connectivity index (χ1v) is 9.64. The highest BCUT2D eigenvalue weighted by Gasteiger charge is 2.43. The number of ether oxygens (including phenoxy) is 1. The molecule has 2 saturated heterocycles. The van der Waals surface area contributed by atoms with Gasteiger partial charge in [-0.3, -0.25) is 14.5 Å². The van der Waals surface area contributed by atoms with Crippen LogP contribution in [-0.4, -0.2) is 53.2 Å². The fraction of sp³-hybridized carbons (Fsp3) is 0.650. The Morgan fingerprint density at radius 1 is 1.44 bits per heavy atom. The number of hydrogen-bond donors (Lipinski definition) is 2. The molecule has 1 aromatic rings. The third-order valence-electron chi connectivity index (χ3n) is 5.85. The number of anilines is 1. The molecule has 0 aromatic carbocycles. The van der Waals surface area contributed by atoms with Crippen LogP contribution in [0.1, 0.15) is 57.9 Å². The fourth-order valence-electron chi connectivity index (χ4n) is 4.35. The summed E-state index contributed by atoms with van der Waals surface area (Å²) in [4.78, 5) is 30.3. The summed E-state index contributed by atoms with van der Waals surface area (Å²) >= 11 is 0. The Hall–Kier alpha value is -1.99. The highest BCUT2D eigenvalue weighted by molar-refractivity contribution is 5.87. The van der Waals surface area contributed by atoms with Crippen LogP contribution in [0.4, 0.5) is 5.82 Å². The van der Waals surface area contributed by atoms with Crippen molar-refractivity contribution in [1.82, 2.24) is 15.2 Å². The summed E-state index contributed by atoms with van der Waals surface area (Å²) in [5.74, 6) is 0.545. The van der Waals surface area contributed by atoms with Crippen molar-refractivity contribution in [1.29, 1.82) is 0 Å². The minimum atomic E-state index is -0.261. The highest BCUT2D eigenvalue weighted by atomic mass is 16.5. The number of pyridine rings is 1. The van der Waals surface area contributed by atoms with Crippen LogP contribution in [0.25, 0.3) is 0 Å². The number of piperidine rings is 1. The summed E-state index contributed by atoms with van der Waals surface area (Å²) < 4.78 is 5.73. The Labute approximate surface area is 160 Å². The maximum atomic E-state index is 12.4. The van der Waals surface area contributed by atoms with Crippen molar-refractivity contribution in [3.8, 4) is 0 Å². The lowest BCUT2D eigenvalue weighted by Gasteiger charge is -2.43. The van der Waals surface area contributed by atoms with Crippen LogP contribution in [0, 0.1) is 0 Å². The topological polar surface area (TPSA) is 83.6 Å². The molecule has 0 radical (unpaired) electrons. The summed E-state index contributed by atoms with van der Waals surface area (Å²) in [7, 11) is 1.75. The molecule has 27 heavy (non-hydrogen) atoms. The number of hydrogen-bond acceptors (Lipinski definition) is 5. The quantitative estimate of drug-likeness (QED) is 0.826. The molecule has 2 fully saturated rings. The molecule has 3 unspecified atom stereocenters. The van der Waals surface area contributed by atoms with E-state index in [9.17, 15) is 9.59 Å². The molecule has 7 heteroatoms. The Kier molecular flexibility index (Phi) is 5.81. The number of amides is 2. The van der Waals surface area contributed by atoms with Gasteiger partial charge < -0.3 is 15.4 Å². The first-order valence-electron chi connectivity index (χ1n) is 9.64. The third kappa shape index (κ3) is 4.47. The Morgan fingerprint density at radius 2 is 2.22 bits per heavy atom. The minimum Gasteiger partial charge on any atom is -0.377 e.